The summed E-state index contributed by atoms with van der Waals surface area (Å²) in [7, 11) is 4.75. The van der Waals surface area contributed by atoms with Crippen LogP contribution in [0.25, 0.3) is 0 Å². The zero-order chi connectivity index (χ0) is 17.6. The molecule has 0 amide bonds. The molecular formula is C20H44NSi2. The SMILES string of the molecule is CCCCCCCCC(CCCCCCCC)[Si](C)(C)N(C)[Si]. The summed E-state index contributed by atoms with van der Waals surface area (Å²) in [5.41, 5.74) is 0.947. The number of unbranched alkanes of at least 4 members (excludes halogenated alkanes) is 10. The first-order valence-electron chi connectivity index (χ1n) is 10.4. The summed E-state index contributed by atoms with van der Waals surface area (Å²) in [4.78, 5) is 0. The van der Waals surface area contributed by atoms with Gasteiger partial charge in [0, 0.05) is 0 Å². The molecule has 0 saturated heterocycles. The van der Waals surface area contributed by atoms with Crippen molar-refractivity contribution in [2.75, 3.05) is 7.05 Å². The van der Waals surface area contributed by atoms with Crippen molar-refractivity contribution < 1.29 is 0 Å². The van der Waals surface area contributed by atoms with Crippen LogP contribution in [0.2, 0.25) is 18.6 Å². The van der Waals surface area contributed by atoms with Crippen LogP contribution in [0.4, 0.5) is 0 Å². The molecule has 0 fully saturated rings. The molecule has 0 aliphatic rings. The van der Waals surface area contributed by atoms with Gasteiger partial charge in [-0.1, -0.05) is 117 Å². The molecular weight excluding hydrogens is 310 g/mol. The molecule has 0 saturated carbocycles. The highest BCUT2D eigenvalue weighted by Gasteiger charge is 2.33. The number of nitrogens with zero attached hydrogens (tertiary/aromatic N) is 1. The van der Waals surface area contributed by atoms with Crippen molar-refractivity contribution in [3.8, 4) is 0 Å². The Morgan fingerprint density at radius 1 is 0.696 bits per heavy atom. The van der Waals surface area contributed by atoms with Gasteiger partial charge in [0.15, 0.2) is 0 Å². The van der Waals surface area contributed by atoms with Crippen LogP contribution in [0.5, 0.6) is 0 Å². The van der Waals surface area contributed by atoms with Crippen LogP contribution in [-0.4, -0.2) is 29.9 Å². The minimum absolute atomic E-state index is 0.947. The van der Waals surface area contributed by atoms with Gasteiger partial charge < -0.3 is 4.23 Å². The lowest BCUT2D eigenvalue weighted by Crippen LogP contribution is -2.48. The molecule has 1 nitrogen and oxygen atoms in total. The molecule has 23 heavy (non-hydrogen) atoms. The molecule has 0 heterocycles. The van der Waals surface area contributed by atoms with E-state index in [1.807, 2.05) is 0 Å². The Bertz CT molecular complexity index is 238. The second-order valence-electron chi connectivity index (χ2n) is 8.02. The average molecular weight is 355 g/mol. The highest BCUT2D eigenvalue weighted by molar-refractivity contribution is 6.79. The van der Waals surface area contributed by atoms with Crippen LogP contribution >= 0.6 is 0 Å². The zero-order valence-electron chi connectivity index (χ0n) is 16.9. The van der Waals surface area contributed by atoms with Crippen LogP contribution < -0.4 is 0 Å². The van der Waals surface area contributed by atoms with Crippen LogP contribution in [0.15, 0.2) is 0 Å². The smallest absolute Gasteiger partial charge is 0.135 e. The second-order valence-corrected chi connectivity index (χ2v) is 13.9. The van der Waals surface area contributed by atoms with E-state index in [9.17, 15) is 0 Å². The molecule has 0 aliphatic carbocycles. The Hall–Kier alpha value is 0.394. The van der Waals surface area contributed by atoms with Gasteiger partial charge in [-0.05, 0) is 12.6 Å². The minimum Gasteiger partial charge on any atom is -0.351 e. The van der Waals surface area contributed by atoms with E-state index in [1.54, 1.807) is 0 Å². The topological polar surface area (TPSA) is 3.24 Å². The molecule has 0 aromatic carbocycles. The number of rotatable bonds is 16. The van der Waals surface area contributed by atoms with Gasteiger partial charge in [-0.3, -0.25) is 0 Å². The van der Waals surface area contributed by atoms with Gasteiger partial charge in [0.25, 0.3) is 0 Å². The summed E-state index contributed by atoms with van der Waals surface area (Å²) in [6.07, 6.45) is 20.0. The fourth-order valence-electron chi connectivity index (χ4n) is 3.47. The van der Waals surface area contributed by atoms with Crippen molar-refractivity contribution >= 4 is 18.6 Å². The van der Waals surface area contributed by atoms with E-state index >= 15 is 0 Å². The van der Waals surface area contributed by atoms with Crippen LogP contribution in [0.3, 0.4) is 0 Å². The van der Waals surface area contributed by atoms with Gasteiger partial charge in [0.05, 0.1) is 0 Å². The van der Waals surface area contributed by atoms with E-state index < -0.39 is 8.24 Å². The molecule has 137 valence electrons. The van der Waals surface area contributed by atoms with Crippen LogP contribution in [-0.2, 0) is 0 Å². The second kappa shape index (κ2) is 14.7. The van der Waals surface area contributed by atoms with E-state index in [0.717, 1.165) is 5.54 Å². The Kier molecular flexibility index (Phi) is 15.0. The largest absolute Gasteiger partial charge is 0.351 e. The first-order chi connectivity index (χ1) is 11.0. The molecule has 0 bridgehead atoms. The summed E-state index contributed by atoms with van der Waals surface area (Å²) in [5, 5.41) is 0. The third kappa shape index (κ3) is 11.6. The quantitative estimate of drug-likeness (QED) is 0.211. The van der Waals surface area contributed by atoms with Crippen molar-refractivity contribution in [1.29, 1.82) is 0 Å². The Labute approximate surface area is 152 Å². The molecule has 0 N–H and O–H groups in total. The fraction of sp³-hybridized carbons (Fsp3) is 1.00. The maximum atomic E-state index is 3.83. The molecule has 0 atom stereocenters. The maximum absolute atomic E-state index is 3.83. The predicted octanol–water partition coefficient (Wildman–Crippen LogP) is 7.08. The molecule has 0 aliphatic heterocycles. The van der Waals surface area contributed by atoms with E-state index in [-0.39, 0.29) is 0 Å². The van der Waals surface area contributed by atoms with Gasteiger partial charge in [0.1, 0.15) is 18.6 Å². The minimum atomic E-state index is -1.31. The van der Waals surface area contributed by atoms with Crippen molar-refractivity contribution in [1.82, 2.24) is 4.23 Å². The van der Waals surface area contributed by atoms with E-state index in [4.69, 9.17) is 0 Å². The molecule has 0 rings (SSSR count). The third-order valence-electron chi connectivity index (χ3n) is 5.68. The maximum Gasteiger partial charge on any atom is 0.135 e. The monoisotopic (exact) mass is 354 g/mol. The van der Waals surface area contributed by atoms with Crippen molar-refractivity contribution in [2.24, 2.45) is 0 Å². The van der Waals surface area contributed by atoms with E-state index in [1.165, 1.54) is 89.9 Å². The standard InChI is InChI=1S/C20H44NSi2/c1-6-8-10-12-14-16-18-20(23(4,5)21(3)22)19-17-15-13-11-9-7-2/h20H,6-19H2,1-5H3. The summed E-state index contributed by atoms with van der Waals surface area (Å²) < 4.78 is 2.39. The summed E-state index contributed by atoms with van der Waals surface area (Å²) in [6.45, 7) is 9.68. The highest BCUT2D eigenvalue weighted by atomic mass is 28.4. The summed E-state index contributed by atoms with van der Waals surface area (Å²) in [5.74, 6) is 0. The summed E-state index contributed by atoms with van der Waals surface area (Å²) in [6, 6.07) is 0. The lowest BCUT2D eigenvalue weighted by atomic mass is 10.0. The summed E-state index contributed by atoms with van der Waals surface area (Å²) >= 11 is 0. The van der Waals surface area contributed by atoms with Crippen LogP contribution in [0, 0.1) is 0 Å². The Balaban J connectivity index is 4.10. The van der Waals surface area contributed by atoms with E-state index in [2.05, 4.69) is 48.6 Å². The number of hydrogen-bond acceptors (Lipinski definition) is 1. The molecule has 0 aromatic heterocycles. The Morgan fingerprint density at radius 2 is 1.04 bits per heavy atom. The van der Waals surface area contributed by atoms with E-state index in [0.29, 0.717) is 0 Å². The van der Waals surface area contributed by atoms with Crippen molar-refractivity contribution in [2.45, 2.75) is 122 Å². The molecule has 3 radical (unpaired) electrons. The third-order valence-corrected chi connectivity index (χ3v) is 11.7. The lowest BCUT2D eigenvalue weighted by Gasteiger charge is -2.38. The highest BCUT2D eigenvalue weighted by Crippen LogP contribution is 2.34. The first-order valence-corrected chi connectivity index (χ1v) is 13.9. The van der Waals surface area contributed by atoms with Gasteiger partial charge in [-0.2, -0.15) is 0 Å². The van der Waals surface area contributed by atoms with Crippen LogP contribution in [0.1, 0.15) is 104 Å². The van der Waals surface area contributed by atoms with Crippen molar-refractivity contribution in [3.05, 3.63) is 0 Å². The Morgan fingerprint density at radius 3 is 1.39 bits per heavy atom. The first kappa shape index (κ1) is 23.4. The lowest BCUT2D eigenvalue weighted by molar-refractivity contribution is 0.514. The van der Waals surface area contributed by atoms with Gasteiger partial charge in [0.2, 0.25) is 0 Å². The molecule has 0 spiro atoms. The molecule has 0 aromatic rings. The predicted molar refractivity (Wildman–Crippen MR) is 111 cm³/mol. The number of hydrogen-bond donors (Lipinski definition) is 0. The van der Waals surface area contributed by atoms with Crippen molar-refractivity contribution in [3.63, 3.8) is 0 Å². The van der Waals surface area contributed by atoms with Gasteiger partial charge in [-0.15, -0.1) is 0 Å². The fourth-order valence-corrected chi connectivity index (χ4v) is 6.38. The zero-order valence-corrected chi connectivity index (χ0v) is 18.9. The normalized spacial score (nSPS) is 12.5. The molecule has 0 unspecified atom stereocenters. The van der Waals surface area contributed by atoms with Gasteiger partial charge >= 0.3 is 0 Å². The molecule has 3 heteroatoms. The average Bonchev–Trinajstić information content (AvgIpc) is 2.51. The van der Waals surface area contributed by atoms with Gasteiger partial charge in [-0.25, -0.2) is 0 Å².